The number of hydrogen-bond acceptors (Lipinski definition) is 4. The highest BCUT2D eigenvalue weighted by molar-refractivity contribution is 7.89. The summed E-state index contributed by atoms with van der Waals surface area (Å²) in [5.41, 5.74) is 2.89. The summed E-state index contributed by atoms with van der Waals surface area (Å²) in [4.78, 5) is 13.6. The zero-order valence-corrected chi connectivity index (χ0v) is 16.9. The van der Waals surface area contributed by atoms with Gasteiger partial charge in [-0.3, -0.25) is 4.79 Å². The van der Waals surface area contributed by atoms with E-state index in [1.54, 1.807) is 19.1 Å². The van der Waals surface area contributed by atoms with Gasteiger partial charge in [0.15, 0.2) is 0 Å². The van der Waals surface area contributed by atoms with Gasteiger partial charge in [0.2, 0.25) is 10.0 Å². The van der Waals surface area contributed by atoms with E-state index in [9.17, 15) is 13.2 Å². The lowest BCUT2D eigenvalue weighted by atomic mass is 10.1. The summed E-state index contributed by atoms with van der Waals surface area (Å²) in [5.74, 6) is -0.263. The average molecular weight is 401 g/mol. The molecule has 2 aromatic carbocycles. The van der Waals surface area contributed by atoms with Crippen molar-refractivity contribution in [1.29, 1.82) is 0 Å². The Bertz CT molecular complexity index is 1070. The van der Waals surface area contributed by atoms with E-state index in [1.165, 1.54) is 31.5 Å². The summed E-state index contributed by atoms with van der Waals surface area (Å²) in [6.45, 7) is 1.73. The Hall–Kier alpha value is -2.48. The van der Waals surface area contributed by atoms with Crippen molar-refractivity contribution in [2.24, 2.45) is 0 Å². The Balaban J connectivity index is 1.92. The first-order valence-corrected chi connectivity index (χ1v) is 10.6. The largest absolute Gasteiger partial charge is 0.321 e. The molecular weight excluding hydrogens is 380 g/mol. The molecule has 0 atom stereocenters. The lowest BCUT2D eigenvalue weighted by Gasteiger charge is -2.15. The van der Waals surface area contributed by atoms with Crippen molar-refractivity contribution in [2.75, 3.05) is 19.4 Å². The maximum atomic E-state index is 12.8. The predicted molar refractivity (Wildman–Crippen MR) is 110 cm³/mol. The maximum Gasteiger partial charge on any atom is 0.266 e. The summed E-state index contributed by atoms with van der Waals surface area (Å²) in [6.07, 6.45) is 0. The molecule has 0 fully saturated rings. The van der Waals surface area contributed by atoms with E-state index in [0.717, 1.165) is 15.4 Å². The molecule has 1 aromatic heterocycles. The number of nitrogens with one attached hydrogen (secondary N) is 1. The molecule has 140 valence electrons. The van der Waals surface area contributed by atoms with Crippen molar-refractivity contribution in [3.8, 4) is 11.1 Å². The van der Waals surface area contributed by atoms with Crippen LogP contribution in [0.3, 0.4) is 0 Å². The standard InChI is InChI=1S/C20H20N2O3S2/c1-14-9-10-16(13-18(14)27(24,25)22(2)3)21-20(23)19-17(11-12-26-19)15-7-5-4-6-8-15/h4-13H,1-3H3,(H,21,23). The summed E-state index contributed by atoms with van der Waals surface area (Å²) in [7, 11) is -0.618. The van der Waals surface area contributed by atoms with E-state index < -0.39 is 10.0 Å². The summed E-state index contributed by atoms with van der Waals surface area (Å²) in [6, 6.07) is 16.5. The second-order valence-corrected chi connectivity index (χ2v) is 9.29. The van der Waals surface area contributed by atoms with E-state index in [0.29, 0.717) is 16.1 Å². The van der Waals surface area contributed by atoms with Crippen LogP contribution in [0, 0.1) is 6.92 Å². The van der Waals surface area contributed by atoms with E-state index in [2.05, 4.69) is 5.32 Å². The third kappa shape index (κ3) is 3.95. The van der Waals surface area contributed by atoms with Gasteiger partial charge in [0.05, 0.1) is 9.77 Å². The van der Waals surface area contributed by atoms with Crippen LogP contribution in [0.5, 0.6) is 0 Å². The number of benzene rings is 2. The van der Waals surface area contributed by atoms with Crippen molar-refractivity contribution in [3.63, 3.8) is 0 Å². The minimum atomic E-state index is -3.59. The second-order valence-electron chi connectivity index (χ2n) is 6.25. The van der Waals surface area contributed by atoms with Crippen LogP contribution in [0.2, 0.25) is 0 Å². The summed E-state index contributed by atoms with van der Waals surface area (Å²) in [5, 5.41) is 4.69. The number of aryl methyl sites for hydroxylation is 1. The molecule has 0 radical (unpaired) electrons. The van der Waals surface area contributed by atoms with Crippen LogP contribution in [0.4, 0.5) is 5.69 Å². The van der Waals surface area contributed by atoms with Crippen LogP contribution >= 0.6 is 11.3 Å². The number of hydrogen-bond donors (Lipinski definition) is 1. The minimum Gasteiger partial charge on any atom is -0.321 e. The molecule has 3 aromatic rings. The van der Waals surface area contributed by atoms with Crippen LogP contribution in [-0.4, -0.2) is 32.7 Å². The zero-order valence-electron chi connectivity index (χ0n) is 15.3. The first-order chi connectivity index (χ1) is 12.8. The molecule has 1 amide bonds. The van der Waals surface area contributed by atoms with Crippen LogP contribution in [0.25, 0.3) is 11.1 Å². The Morgan fingerprint density at radius 2 is 1.74 bits per heavy atom. The van der Waals surface area contributed by atoms with Gasteiger partial charge in [-0.2, -0.15) is 0 Å². The van der Waals surface area contributed by atoms with Crippen LogP contribution < -0.4 is 5.32 Å². The van der Waals surface area contributed by atoms with Crippen LogP contribution in [0.1, 0.15) is 15.2 Å². The highest BCUT2D eigenvalue weighted by atomic mass is 32.2. The lowest BCUT2D eigenvalue weighted by Crippen LogP contribution is -2.23. The van der Waals surface area contributed by atoms with Gasteiger partial charge in [0.1, 0.15) is 0 Å². The smallest absolute Gasteiger partial charge is 0.266 e. The first kappa shape index (κ1) is 19.3. The number of sulfonamides is 1. The number of nitrogens with zero attached hydrogens (tertiary/aromatic N) is 1. The predicted octanol–water partition coefficient (Wildman–Crippen LogP) is 4.23. The molecular formula is C20H20N2O3S2. The van der Waals surface area contributed by atoms with E-state index in [4.69, 9.17) is 0 Å². The third-order valence-electron chi connectivity index (χ3n) is 4.16. The maximum absolute atomic E-state index is 12.8. The van der Waals surface area contributed by atoms with Gasteiger partial charge in [-0.25, -0.2) is 12.7 Å². The van der Waals surface area contributed by atoms with Crippen molar-refractivity contribution in [1.82, 2.24) is 4.31 Å². The van der Waals surface area contributed by atoms with Gasteiger partial charge in [-0.1, -0.05) is 36.4 Å². The molecule has 0 aliphatic carbocycles. The van der Waals surface area contributed by atoms with Crippen molar-refractivity contribution >= 4 is 33.0 Å². The molecule has 1 heterocycles. The number of carbonyl (C=O) groups is 1. The monoisotopic (exact) mass is 400 g/mol. The van der Waals surface area contributed by atoms with Gasteiger partial charge < -0.3 is 5.32 Å². The average Bonchev–Trinajstić information content (AvgIpc) is 3.13. The number of amides is 1. The molecule has 0 aliphatic rings. The summed E-state index contributed by atoms with van der Waals surface area (Å²) < 4.78 is 26.1. The van der Waals surface area contributed by atoms with Crippen molar-refractivity contribution in [3.05, 3.63) is 70.4 Å². The fourth-order valence-corrected chi connectivity index (χ4v) is 4.63. The van der Waals surface area contributed by atoms with Gasteiger partial charge >= 0.3 is 0 Å². The SMILES string of the molecule is Cc1ccc(NC(=O)c2sccc2-c2ccccc2)cc1S(=O)(=O)N(C)C. The zero-order chi connectivity index (χ0) is 19.6. The Morgan fingerprint density at radius 3 is 2.41 bits per heavy atom. The van der Waals surface area contributed by atoms with E-state index in [-0.39, 0.29) is 10.8 Å². The Kier molecular flexibility index (Phi) is 5.46. The Morgan fingerprint density at radius 1 is 1.04 bits per heavy atom. The molecule has 5 nitrogen and oxygen atoms in total. The van der Waals surface area contributed by atoms with Gasteiger partial charge in [0.25, 0.3) is 5.91 Å². The highest BCUT2D eigenvalue weighted by Crippen LogP contribution is 2.29. The second kappa shape index (κ2) is 7.64. The molecule has 0 unspecified atom stereocenters. The van der Waals surface area contributed by atoms with Gasteiger partial charge in [-0.15, -0.1) is 11.3 Å². The molecule has 0 saturated heterocycles. The van der Waals surface area contributed by atoms with Gasteiger partial charge in [0, 0.05) is 25.3 Å². The minimum absolute atomic E-state index is 0.180. The van der Waals surface area contributed by atoms with Crippen molar-refractivity contribution < 1.29 is 13.2 Å². The number of rotatable bonds is 5. The lowest BCUT2D eigenvalue weighted by molar-refractivity contribution is 0.103. The molecule has 0 spiro atoms. The molecule has 7 heteroatoms. The van der Waals surface area contributed by atoms with E-state index in [1.807, 2.05) is 41.8 Å². The molecule has 3 rings (SSSR count). The fourth-order valence-electron chi connectivity index (χ4n) is 2.67. The van der Waals surface area contributed by atoms with Crippen LogP contribution in [0.15, 0.2) is 64.9 Å². The highest BCUT2D eigenvalue weighted by Gasteiger charge is 2.21. The van der Waals surface area contributed by atoms with E-state index >= 15 is 0 Å². The van der Waals surface area contributed by atoms with Gasteiger partial charge in [-0.05, 0) is 41.6 Å². The quantitative estimate of drug-likeness (QED) is 0.697. The number of thiophene rings is 1. The molecule has 0 aliphatic heterocycles. The normalized spacial score (nSPS) is 11.6. The molecule has 0 bridgehead atoms. The van der Waals surface area contributed by atoms with Crippen LogP contribution in [-0.2, 0) is 10.0 Å². The first-order valence-electron chi connectivity index (χ1n) is 8.28. The Labute approximate surface area is 163 Å². The molecule has 27 heavy (non-hydrogen) atoms. The fraction of sp³-hybridized carbons (Fsp3) is 0.150. The molecule has 1 N–H and O–H groups in total. The topological polar surface area (TPSA) is 66.5 Å². The number of carbonyl (C=O) groups excluding carboxylic acids is 1. The molecule has 0 saturated carbocycles. The third-order valence-corrected chi connectivity index (χ3v) is 7.03. The number of anilines is 1. The van der Waals surface area contributed by atoms with Crippen molar-refractivity contribution in [2.45, 2.75) is 11.8 Å². The summed E-state index contributed by atoms with van der Waals surface area (Å²) >= 11 is 1.35.